The molecule has 0 aromatic carbocycles. The Bertz CT molecular complexity index is 903. The van der Waals surface area contributed by atoms with Gasteiger partial charge in [-0.25, -0.2) is 4.98 Å². The Balaban J connectivity index is 1.26. The highest BCUT2D eigenvalue weighted by atomic mass is 16.2. The summed E-state index contributed by atoms with van der Waals surface area (Å²) in [5.41, 5.74) is 7.52. The van der Waals surface area contributed by atoms with Crippen LogP contribution in [0.1, 0.15) is 54.7 Å². The molecule has 31 heavy (non-hydrogen) atoms. The summed E-state index contributed by atoms with van der Waals surface area (Å²) >= 11 is 0. The van der Waals surface area contributed by atoms with Gasteiger partial charge in [-0.3, -0.25) is 19.5 Å². The van der Waals surface area contributed by atoms with Gasteiger partial charge < -0.3 is 10.6 Å². The Morgan fingerprint density at radius 1 is 0.968 bits per heavy atom. The number of pyridine rings is 2. The summed E-state index contributed by atoms with van der Waals surface area (Å²) < 4.78 is 0. The van der Waals surface area contributed by atoms with E-state index in [9.17, 15) is 9.59 Å². The molecule has 2 aliphatic rings. The minimum atomic E-state index is -0.0329. The molecule has 7 nitrogen and oxygen atoms in total. The third-order valence-electron chi connectivity index (χ3n) is 6.81. The molecule has 4 rings (SSSR count). The standard InChI is InChI=1S/C24H31N5O2/c1-17(20-5-11-27-22(25)16-20)28-12-8-19(9-13-28)24(31)29-14-6-18(7-15-29)23(30)21-4-2-3-10-26-21/h2-5,10-11,16-19H,6-9,12-15H2,1H3,(H2,25,27). The smallest absolute Gasteiger partial charge is 0.225 e. The van der Waals surface area contributed by atoms with Crippen molar-refractivity contribution >= 4 is 17.5 Å². The number of ketones is 1. The number of carbonyl (C=O) groups excluding carboxylic acids is 2. The third-order valence-corrected chi connectivity index (χ3v) is 6.81. The molecule has 2 aromatic heterocycles. The van der Waals surface area contributed by atoms with E-state index in [2.05, 4.69) is 21.8 Å². The number of amides is 1. The Hall–Kier alpha value is -2.80. The SMILES string of the molecule is CC(c1ccnc(N)c1)N1CCC(C(=O)N2CCC(C(=O)c3ccccn3)CC2)CC1. The number of piperidine rings is 2. The van der Waals surface area contributed by atoms with Crippen molar-refractivity contribution in [1.82, 2.24) is 19.8 Å². The van der Waals surface area contributed by atoms with Crippen LogP contribution in [0, 0.1) is 11.8 Å². The third kappa shape index (κ3) is 4.93. The maximum absolute atomic E-state index is 13.1. The van der Waals surface area contributed by atoms with Crippen LogP contribution in [0.15, 0.2) is 42.7 Å². The largest absolute Gasteiger partial charge is 0.384 e. The van der Waals surface area contributed by atoms with Gasteiger partial charge in [0.15, 0.2) is 5.78 Å². The van der Waals surface area contributed by atoms with Crippen molar-refractivity contribution in [3.8, 4) is 0 Å². The molecule has 0 radical (unpaired) electrons. The first-order chi connectivity index (χ1) is 15.0. The minimum Gasteiger partial charge on any atom is -0.384 e. The molecule has 164 valence electrons. The molecular weight excluding hydrogens is 390 g/mol. The van der Waals surface area contributed by atoms with Crippen molar-refractivity contribution < 1.29 is 9.59 Å². The molecule has 2 saturated heterocycles. The number of nitrogens with zero attached hydrogens (tertiary/aromatic N) is 4. The second kappa shape index (κ2) is 9.56. The molecule has 0 spiro atoms. The topological polar surface area (TPSA) is 92.4 Å². The van der Waals surface area contributed by atoms with Crippen LogP contribution in [-0.4, -0.2) is 57.6 Å². The summed E-state index contributed by atoms with van der Waals surface area (Å²) in [7, 11) is 0. The molecule has 2 aromatic rings. The minimum absolute atomic E-state index is 0.0329. The normalized spacial score (nSPS) is 19.8. The van der Waals surface area contributed by atoms with Crippen molar-refractivity contribution in [3.63, 3.8) is 0 Å². The molecular formula is C24H31N5O2. The highest BCUT2D eigenvalue weighted by Gasteiger charge is 2.34. The highest BCUT2D eigenvalue weighted by molar-refractivity contribution is 5.96. The van der Waals surface area contributed by atoms with Crippen molar-refractivity contribution in [3.05, 3.63) is 54.0 Å². The number of nitrogen functional groups attached to an aromatic ring is 1. The second-order valence-electron chi connectivity index (χ2n) is 8.68. The van der Waals surface area contributed by atoms with Gasteiger partial charge in [-0.1, -0.05) is 6.07 Å². The first-order valence-corrected chi connectivity index (χ1v) is 11.2. The van der Waals surface area contributed by atoms with Crippen LogP contribution in [0.2, 0.25) is 0 Å². The number of likely N-dealkylation sites (tertiary alicyclic amines) is 2. The van der Waals surface area contributed by atoms with Crippen molar-refractivity contribution in [2.75, 3.05) is 31.9 Å². The van der Waals surface area contributed by atoms with Crippen molar-refractivity contribution in [1.29, 1.82) is 0 Å². The maximum atomic E-state index is 13.1. The molecule has 1 unspecified atom stereocenters. The predicted molar refractivity (Wildman–Crippen MR) is 119 cm³/mol. The maximum Gasteiger partial charge on any atom is 0.225 e. The monoisotopic (exact) mass is 421 g/mol. The summed E-state index contributed by atoms with van der Waals surface area (Å²) in [5.74, 6) is 0.943. The number of Topliss-reactive ketones (excluding diaryl/α,β-unsaturated/α-hetero) is 1. The van der Waals surface area contributed by atoms with E-state index >= 15 is 0 Å². The number of aromatic nitrogens is 2. The van der Waals surface area contributed by atoms with E-state index in [1.54, 1.807) is 18.5 Å². The zero-order valence-electron chi connectivity index (χ0n) is 18.1. The zero-order chi connectivity index (χ0) is 21.8. The molecule has 2 N–H and O–H groups in total. The van der Waals surface area contributed by atoms with Gasteiger partial charge in [-0.05, 0) is 75.5 Å². The summed E-state index contributed by atoms with van der Waals surface area (Å²) in [4.78, 5) is 38.3. The van der Waals surface area contributed by atoms with E-state index in [-0.39, 0.29) is 29.6 Å². The number of hydrogen-bond donors (Lipinski definition) is 1. The fourth-order valence-electron chi connectivity index (χ4n) is 4.81. The summed E-state index contributed by atoms with van der Waals surface area (Å²) in [6.07, 6.45) is 6.59. The Kier molecular flexibility index (Phi) is 6.61. The van der Waals surface area contributed by atoms with Crippen LogP contribution in [0.25, 0.3) is 0 Å². The Morgan fingerprint density at radius 2 is 1.68 bits per heavy atom. The number of carbonyl (C=O) groups is 2. The molecule has 2 fully saturated rings. The van der Waals surface area contributed by atoms with Crippen LogP contribution in [0.5, 0.6) is 0 Å². The average Bonchev–Trinajstić information content (AvgIpc) is 2.83. The predicted octanol–water partition coefficient (Wildman–Crippen LogP) is 2.95. The van der Waals surface area contributed by atoms with Gasteiger partial charge in [-0.15, -0.1) is 0 Å². The van der Waals surface area contributed by atoms with Crippen LogP contribution >= 0.6 is 0 Å². The van der Waals surface area contributed by atoms with E-state index in [0.29, 0.717) is 24.6 Å². The van der Waals surface area contributed by atoms with E-state index < -0.39 is 0 Å². The van der Waals surface area contributed by atoms with Crippen molar-refractivity contribution in [2.45, 2.75) is 38.6 Å². The first-order valence-electron chi connectivity index (χ1n) is 11.2. The molecule has 1 amide bonds. The molecule has 0 bridgehead atoms. The molecule has 7 heteroatoms. The lowest BCUT2D eigenvalue weighted by molar-refractivity contribution is -0.138. The van der Waals surface area contributed by atoms with Crippen LogP contribution < -0.4 is 5.73 Å². The quantitative estimate of drug-likeness (QED) is 0.746. The Labute approximate surface area is 183 Å². The summed E-state index contributed by atoms with van der Waals surface area (Å²) in [6, 6.07) is 9.63. The average molecular weight is 422 g/mol. The molecule has 0 saturated carbocycles. The van der Waals surface area contributed by atoms with E-state index in [1.807, 2.05) is 29.2 Å². The second-order valence-corrected chi connectivity index (χ2v) is 8.68. The van der Waals surface area contributed by atoms with Gasteiger partial charge in [0.1, 0.15) is 11.5 Å². The zero-order valence-corrected chi connectivity index (χ0v) is 18.1. The van der Waals surface area contributed by atoms with Crippen molar-refractivity contribution in [2.24, 2.45) is 11.8 Å². The van der Waals surface area contributed by atoms with Gasteiger partial charge in [-0.2, -0.15) is 0 Å². The fourth-order valence-corrected chi connectivity index (χ4v) is 4.81. The summed E-state index contributed by atoms with van der Waals surface area (Å²) in [6.45, 7) is 5.30. The lowest BCUT2D eigenvalue weighted by Gasteiger charge is -2.39. The fraction of sp³-hybridized carbons (Fsp3) is 0.500. The lowest BCUT2D eigenvalue weighted by atomic mass is 9.88. The van der Waals surface area contributed by atoms with E-state index in [1.165, 1.54) is 0 Å². The molecule has 4 heterocycles. The highest BCUT2D eigenvalue weighted by Crippen LogP contribution is 2.29. The van der Waals surface area contributed by atoms with Gasteiger partial charge in [0.2, 0.25) is 5.91 Å². The van der Waals surface area contributed by atoms with Gasteiger partial charge >= 0.3 is 0 Å². The van der Waals surface area contributed by atoms with Crippen LogP contribution in [0.3, 0.4) is 0 Å². The van der Waals surface area contributed by atoms with Gasteiger partial charge in [0.05, 0.1) is 0 Å². The van der Waals surface area contributed by atoms with Gasteiger partial charge in [0, 0.05) is 43.4 Å². The lowest BCUT2D eigenvalue weighted by Crippen LogP contribution is -2.46. The van der Waals surface area contributed by atoms with E-state index in [0.717, 1.165) is 44.3 Å². The molecule has 1 atom stereocenters. The van der Waals surface area contributed by atoms with Gasteiger partial charge in [0.25, 0.3) is 0 Å². The number of rotatable bonds is 5. The number of hydrogen-bond acceptors (Lipinski definition) is 6. The Morgan fingerprint density at radius 3 is 2.32 bits per heavy atom. The molecule has 0 aliphatic carbocycles. The summed E-state index contributed by atoms with van der Waals surface area (Å²) in [5, 5.41) is 0. The van der Waals surface area contributed by atoms with E-state index in [4.69, 9.17) is 5.73 Å². The number of anilines is 1. The number of nitrogens with two attached hydrogens (primary N) is 1. The van der Waals surface area contributed by atoms with Crippen LogP contribution in [0.4, 0.5) is 5.82 Å². The van der Waals surface area contributed by atoms with Crippen LogP contribution in [-0.2, 0) is 4.79 Å². The first kappa shape index (κ1) is 21.4. The molecule has 2 aliphatic heterocycles.